The van der Waals surface area contributed by atoms with E-state index in [1.807, 2.05) is 56.3 Å². The van der Waals surface area contributed by atoms with Crippen LogP contribution < -0.4 is 0 Å². The molecule has 2 aromatic carbocycles. The first-order valence-electron chi connectivity index (χ1n) is 5.96. The van der Waals surface area contributed by atoms with Crippen LogP contribution in [0.2, 0.25) is 0 Å². The number of rotatable bonds is 0. The van der Waals surface area contributed by atoms with Crippen LogP contribution in [-0.2, 0) is 4.87 Å². The molecule has 0 saturated carbocycles. The monoisotopic (exact) mass is 256 g/mol. The van der Waals surface area contributed by atoms with Gasteiger partial charge in [-0.15, -0.1) is 11.6 Å². The summed E-state index contributed by atoms with van der Waals surface area (Å²) in [5.41, 5.74) is 4.36. The summed E-state index contributed by atoms with van der Waals surface area (Å²) in [5.74, 6) is 0.0683. The molecule has 0 amide bonds. The van der Waals surface area contributed by atoms with Crippen LogP contribution >= 0.6 is 11.6 Å². The van der Waals surface area contributed by atoms with Gasteiger partial charge in [0.1, 0.15) is 0 Å². The van der Waals surface area contributed by atoms with Crippen molar-refractivity contribution in [2.45, 2.75) is 18.7 Å². The van der Waals surface area contributed by atoms with E-state index in [9.17, 15) is 4.79 Å². The zero-order valence-corrected chi connectivity index (χ0v) is 11.1. The first-order valence-corrected chi connectivity index (χ1v) is 6.34. The molecule has 0 bridgehead atoms. The fourth-order valence-corrected chi connectivity index (χ4v) is 2.95. The van der Waals surface area contributed by atoms with E-state index in [0.29, 0.717) is 5.56 Å². The lowest BCUT2D eigenvalue weighted by atomic mass is 9.77. The molecule has 0 N–H and O–H groups in total. The molecule has 18 heavy (non-hydrogen) atoms. The average Bonchev–Trinajstić information content (AvgIpc) is 2.36. The number of aryl methyl sites for hydroxylation is 1. The molecular weight excluding hydrogens is 244 g/mol. The molecule has 0 fully saturated rings. The van der Waals surface area contributed by atoms with Gasteiger partial charge >= 0.3 is 0 Å². The van der Waals surface area contributed by atoms with Gasteiger partial charge in [0.25, 0.3) is 0 Å². The van der Waals surface area contributed by atoms with Crippen LogP contribution in [0.3, 0.4) is 0 Å². The molecule has 1 aliphatic rings. The van der Waals surface area contributed by atoms with E-state index in [1.165, 1.54) is 0 Å². The summed E-state index contributed by atoms with van der Waals surface area (Å²) in [6, 6.07) is 13.4. The molecule has 1 aliphatic carbocycles. The van der Waals surface area contributed by atoms with Gasteiger partial charge in [0, 0.05) is 11.1 Å². The molecule has 0 spiro atoms. The molecule has 0 aliphatic heterocycles. The van der Waals surface area contributed by atoms with Crippen molar-refractivity contribution in [2.24, 2.45) is 0 Å². The van der Waals surface area contributed by atoms with Gasteiger partial charge in [-0.05, 0) is 25.0 Å². The highest BCUT2D eigenvalue weighted by Gasteiger charge is 2.38. The Hall–Kier alpha value is -1.60. The predicted molar refractivity (Wildman–Crippen MR) is 73.4 cm³/mol. The van der Waals surface area contributed by atoms with Crippen molar-refractivity contribution >= 4 is 17.4 Å². The first-order chi connectivity index (χ1) is 8.51. The Balaban J connectivity index is 2.37. The van der Waals surface area contributed by atoms with E-state index in [1.54, 1.807) is 0 Å². The number of benzene rings is 2. The molecule has 2 aromatic rings. The van der Waals surface area contributed by atoms with Crippen LogP contribution in [0.5, 0.6) is 0 Å². The highest BCUT2D eigenvalue weighted by atomic mass is 35.5. The molecule has 0 radical (unpaired) electrons. The molecular formula is C16H13ClO. The van der Waals surface area contributed by atoms with E-state index >= 15 is 0 Å². The van der Waals surface area contributed by atoms with E-state index in [4.69, 9.17) is 11.6 Å². The summed E-state index contributed by atoms with van der Waals surface area (Å²) < 4.78 is 0. The first kappa shape index (κ1) is 11.5. The maximum atomic E-state index is 12.4. The van der Waals surface area contributed by atoms with Gasteiger partial charge < -0.3 is 0 Å². The number of halogens is 1. The third-order valence-corrected chi connectivity index (χ3v) is 4.01. The average molecular weight is 257 g/mol. The number of alkyl halides is 1. The van der Waals surface area contributed by atoms with Crippen molar-refractivity contribution in [2.75, 3.05) is 0 Å². The minimum Gasteiger partial charge on any atom is -0.289 e. The Morgan fingerprint density at radius 1 is 1.00 bits per heavy atom. The normalized spacial score (nSPS) is 21.4. The van der Waals surface area contributed by atoms with E-state index in [2.05, 4.69) is 0 Å². The third kappa shape index (κ3) is 1.44. The van der Waals surface area contributed by atoms with Gasteiger partial charge in [0.15, 0.2) is 5.78 Å². The lowest BCUT2D eigenvalue weighted by Gasteiger charge is -2.32. The highest BCUT2D eigenvalue weighted by Crippen LogP contribution is 2.44. The van der Waals surface area contributed by atoms with Gasteiger partial charge in [-0.3, -0.25) is 4.79 Å². The van der Waals surface area contributed by atoms with Gasteiger partial charge in [0.2, 0.25) is 0 Å². The SMILES string of the molecule is Cc1ccc2c(c1)C(C)(Cl)c1ccccc1C2=O. The Morgan fingerprint density at radius 3 is 2.44 bits per heavy atom. The summed E-state index contributed by atoms with van der Waals surface area (Å²) in [4.78, 5) is 11.8. The van der Waals surface area contributed by atoms with Crippen LogP contribution in [0.15, 0.2) is 42.5 Å². The summed E-state index contributed by atoms with van der Waals surface area (Å²) in [7, 11) is 0. The molecule has 90 valence electrons. The molecule has 3 rings (SSSR count). The molecule has 1 atom stereocenters. The van der Waals surface area contributed by atoms with Gasteiger partial charge in [-0.2, -0.15) is 0 Å². The van der Waals surface area contributed by atoms with Crippen molar-refractivity contribution in [3.63, 3.8) is 0 Å². The topological polar surface area (TPSA) is 17.1 Å². The highest BCUT2D eigenvalue weighted by molar-refractivity contribution is 6.29. The van der Waals surface area contributed by atoms with Crippen molar-refractivity contribution in [1.29, 1.82) is 0 Å². The summed E-state index contributed by atoms with van der Waals surface area (Å²) in [5, 5.41) is 0. The van der Waals surface area contributed by atoms with Gasteiger partial charge in [0.05, 0.1) is 4.87 Å². The molecule has 1 unspecified atom stereocenters. The number of carbonyl (C=O) groups is 1. The maximum absolute atomic E-state index is 12.4. The lowest BCUT2D eigenvalue weighted by molar-refractivity contribution is 0.103. The largest absolute Gasteiger partial charge is 0.289 e. The number of hydrogen-bond acceptors (Lipinski definition) is 1. The number of carbonyl (C=O) groups excluding carboxylic acids is 1. The zero-order chi connectivity index (χ0) is 12.9. The Kier molecular flexibility index (Phi) is 2.36. The minimum absolute atomic E-state index is 0.0683. The second-order valence-corrected chi connectivity index (χ2v) is 5.68. The quantitative estimate of drug-likeness (QED) is 0.650. The predicted octanol–water partition coefficient (Wildman–Crippen LogP) is 4.04. The van der Waals surface area contributed by atoms with Crippen LogP contribution in [0.25, 0.3) is 0 Å². The second-order valence-electron chi connectivity index (χ2n) is 4.93. The Morgan fingerprint density at radius 2 is 1.67 bits per heavy atom. The molecule has 1 nitrogen and oxygen atoms in total. The van der Waals surface area contributed by atoms with Gasteiger partial charge in [-0.25, -0.2) is 0 Å². The maximum Gasteiger partial charge on any atom is 0.193 e. The van der Waals surface area contributed by atoms with Crippen molar-refractivity contribution in [3.05, 3.63) is 70.3 Å². The van der Waals surface area contributed by atoms with Crippen LogP contribution in [0.1, 0.15) is 39.5 Å². The molecule has 0 heterocycles. The van der Waals surface area contributed by atoms with Gasteiger partial charge in [-0.1, -0.05) is 48.0 Å². The minimum atomic E-state index is -0.633. The molecule has 0 aromatic heterocycles. The Labute approximate surface area is 111 Å². The van der Waals surface area contributed by atoms with Crippen molar-refractivity contribution < 1.29 is 4.79 Å². The second kappa shape index (κ2) is 3.69. The Bertz CT molecular complexity index is 656. The summed E-state index contributed by atoms with van der Waals surface area (Å²) in [6.45, 7) is 3.97. The summed E-state index contributed by atoms with van der Waals surface area (Å²) in [6.07, 6.45) is 0. The van der Waals surface area contributed by atoms with Crippen LogP contribution in [0.4, 0.5) is 0 Å². The smallest absolute Gasteiger partial charge is 0.193 e. The van der Waals surface area contributed by atoms with Crippen LogP contribution in [0, 0.1) is 6.92 Å². The number of fused-ring (bicyclic) bond motifs is 2. The molecule has 2 heteroatoms. The van der Waals surface area contributed by atoms with Crippen molar-refractivity contribution in [1.82, 2.24) is 0 Å². The number of ketones is 1. The standard InChI is InChI=1S/C16H13ClO/c1-10-7-8-12-14(9-10)16(2,17)13-6-4-3-5-11(13)15(12)18/h3-9H,1-2H3. The number of hydrogen-bond donors (Lipinski definition) is 0. The lowest BCUT2D eigenvalue weighted by Crippen LogP contribution is -2.28. The van der Waals surface area contributed by atoms with Crippen molar-refractivity contribution in [3.8, 4) is 0 Å². The fraction of sp³-hybridized carbons (Fsp3) is 0.188. The third-order valence-electron chi connectivity index (χ3n) is 3.60. The molecule has 0 saturated heterocycles. The van der Waals surface area contributed by atoms with E-state index < -0.39 is 4.87 Å². The van der Waals surface area contributed by atoms with Crippen LogP contribution in [-0.4, -0.2) is 5.78 Å². The van der Waals surface area contributed by atoms with E-state index in [-0.39, 0.29) is 5.78 Å². The fourth-order valence-electron chi connectivity index (χ4n) is 2.63. The summed E-state index contributed by atoms with van der Waals surface area (Å²) >= 11 is 6.72. The zero-order valence-electron chi connectivity index (χ0n) is 10.3. The van der Waals surface area contributed by atoms with E-state index in [0.717, 1.165) is 22.3 Å².